The third kappa shape index (κ3) is 3.37. The number of alkyl halides is 9. The topological polar surface area (TPSA) is 9.23 Å². The van der Waals surface area contributed by atoms with E-state index in [1.54, 1.807) is 0 Å². The molecule has 0 radical (unpaired) electrons. The molecule has 0 spiro atoms. The van der Waals surface area contributed by atoms with Crippen LogP contribution in [0.4, 0.5) is 35.1 Å². The van der Waals surface area contributed by atoms with Gasteiger partial charge in [0.15, 0.2) is 0 Å². The van der Waals surface area contributed by atoms with Crippen molar-refractivity contribution in [2.24, 2.45) is 0 Å². The molecule has 10 heteroatoms. The Morgan fingerprint density at radius 1 is 0.929 bits per heavy atom. The van der Waals surface area contributed by atoms with E-state index in [2.05, 4.69) is 4.74 Å². The Morgan fingerprint density at radius 3 is 1.50 bits per heavy atom. The highest BCUT2D eigenvalue weighted by atomic mass is 127. The molecule has 0 bridgehead atoms. The summed E-state index contributed by atoms with van der Waals surface area (Å²) in [7, 11) is 0. The maximum atomic E-state index is 12.0. The monoisotopic (exact) mass is 344 g/mol. The number of ether oxygens (including phenoxy) is 1. The predicted octanol–water partition coefficient (Wildman–Crippen LogP) is 3.48. The van der Waals surface area contributed by atoms with Crippen molar-refractivity contribution in [2.45, 2.75) is 22.6 Å². The van der Waals surface area contributed by atoms with E-state index in [1.807, 2.05) is 0 Å². The zero-order valence-corrected chi connectivity index (χ0v) is 8.04. The Hall–Kier alpha value is 0.130. The molecular formula is C4HF8IO. The molecule has 0 saturated carbocycles. The molecule has 0 fully saturated rings. The lowest BCUT2D eigenvalue weighted by Crippen LogP contribution is -2.46. The van der Waals surface area contributed by atoms with Gasteiger partial charge in [-0.3, -0.25) is 0 Å². The van der Waals surface area contributed by atoms with E-state index < -0.39 is 22.6 Å². The zero-order chi connectivity index (χ0) is 11.8. The molecule has 0 N–H and O–H groups in total. The molecule has 0 saturated heterocycles. The van der Waals surface area contributed by atoms with E-state index in [-0.39, 0.29) is 22.6 Å². The van der Waals surface area contributed by atoms with Crippen LogP contribution in [0.3, 0.4) is 0 Å². The second-order valence-corrected chi connectivity index (χ2v) is 3.33. The summed E-state index contributed by atoms with van der Waals surface area (Å²) in [6.45, 7) is 0. The maximum absolute atomic E-state index is 12.0. The van der Waals surface area contributed by atoms with Gasteiger partial charge in [0.2, 0.25) is 0 Å². The van der Waals surface area contributed by atoms with Crippen molar-refractivity contribution in [1.29, 1.82) is 0 Å². The second kappa shape index (κ2) is 3.94. The van der Waals surface area contributed by atoms with Gasteiger partial charge in [-0.1, -0.05) is 0 Å². The SMILES string of the molecule is FC(F)C(F)(F)OC(F)(F)C(F)(F)I. The van der Waals surface area contributed by atoms with Crippen LogP contribution in [-0.2, 0) is 4.74 Å². The fourth-order valence-corrected chi connectivity index (χ4v) is 0.383. The molecule has 0 atom stereocenters. The van der Waals surface area contributed by atoms with Crippen molar-refractivity contribution >= 4 is 22.6 Å². The van der Waals surface area contributed by atoms with E-state index in [9.17, 15) is 35.1 Å². The molecule has 0 unspecified atom stereocenters. The molecule has 0 rings (SSSR count). The standard InChI is InChI=1S/C4HF8IO/c5-1(6)2(7,8)14-4(11,12)3(9,10)13/h1H. The molecular weight excluding hydrogens is 343 g/mol. The lowest BCUT2D eigenvalue weighted by molar-refractivity contribution is -0.431. The van der Waals surface area contributed by atoms with E-state index in [1.165, 1.54) is 0 Å². The van der Waals surface area contributed by atoms with Gasteiger partial charge in [0.1, 0.15) is 0 Å². The van der Waals surface area contributed by atoms with Crippen LogP contribution < -0.4 is 0 Å². The minimum atomic E-state index is -5.67. The summed E-state index contributed by atoms with van der Waals surface area (Å²) in [6.07, 6.45) is -15.9. The molecule has 0 aliphatic heterocycles. The maximum Gasteiger partial charge on any atom is 0.433 e. The Kier molecular flexibility index (Phi) is 3.98. The zero-order valence-electron chi connectivity index (χ0n) is 5.89. The quantitative estimate of drug-likeness (QED) is 0.431. The minimum absolute atomic E-state index is 0.204. The Labute approximate surface area is 85.5 Å². The summed E-state index contributed by atoms with van der Waals surface area (Å²) in [5, 5.41) is 0. The summed E-state index contributed by atoms with van der Waals surface area (Å²) in [6, 6.07) is 0. The van der Waals surface area contributed by atoms with Gasteiger partial charge in [-0.2, -0.15) is 26.3 Å². The van der Waals surface area contributed by atoms with Gasteiger partial charge in [-0.25, -0.2) is 13.5 Å². The van der Waals surface area contributed by atoms with Gasteiger partial charge in [0, 0.05) is 22.6 Å². The average Bonchev–Trinajstić information content (AvgIpc) is 1.80. The van der Waals surface area contributed by atoms with E-state index >= 15 is 0 Å². The summed E-state index contributed by atoms with van der Waals surface area (Å²) in [5.41, 5.74) is 0. The summed E-state index contributed by atoms with van der Waals surface area (Å²) >= 11 is -0.204. The van der Waals surface area contributed by atoms with E-state index in [0.717, 1.165) is 0 Å². The molecule has 0 aliphatic carbocycles. The highest BCUT2D eigenvalue weighted by molar-refractivity contribution is 14.1. The Morgan fingerprint density at radius 2 is 1.29 bits per heavy atom. The van der Waals surface area contributed by atoms with Crippen molar-refractivity contribution < 1.29 is 39.9 Å². The largest absolute Gasteiger partial charge is 0.433 e. The first-order valence-electron chi connectivity index (χ1n) is 2.71. The molecule has 0 aliphatic rings. The van der Waals surface area contributed by atoms with Crippen LogP contribution in [0.5, 0.6) is 0 Å². The van der Waals surface area contributed by atoms with E-state index in [4.69, 9.17) is 0 Å². The van der Waals surface area contributed by atoms with Crippen molar-refractivity contribution in [2.75, 3.05) is 0 Å². The fourth-order valence-electron chi connectivity index (χ4n) is 0.273. The van der Waals surface area contributed by atoms with Crippen molar-refractivity contribution in [3.05, 3.63) is 0 Å². The van der Waals surface area contributed by atoms with Gasteiger partial charge in [0.25, 0.3) is 0 Å². The number of hydrogen-bond donors (Lipinski definition) is 0. The number of hydrogen-bond acceptors (Lipinski definition) is 1. The summed E-state index contributed by atoms with van der Waals surface area (Å²) in [5.74, 6) is 0. The lowest BCUT2D eigenvalue weighted by atomic mass is 10.6. The van der Waals surface area contributed by atoms with E-state index in [0.29, 0.717) is 0 Å². The molecule has 14 heavy (non-hydrogen) atoms. The first kappa shape index (κ1) is 14.1. The Bertz CT molecular complexity index is 198. The number of rotatable bonds is 4. The van der Waals surface area contributed by atoms with Crippen molar-refractivity contribution in [1.82, 2.24) is 0 Å². The first-order valence-corrected chi connectivity index (χ1v) is 3.78. The molecule has 0 aromatic rings. The van der Waals surface area contributed by atoms with Crippen molar-refractivity contribution in [3.63, 3.8) is 0 Å². The minimum Gasteiger partial charge on any atom is -0.245 e. The number of halogens is 9. The molecule has 0 aromatic heterocycles. The van der Waals surface area contributed by atoms with Gasteiger partial charge < -0.3 is 0 Å². The highest BCUT2D eigenvalue weighted by Gasteiger charge is 2.63. The predicted molar refractivity (Wildman–Crippen MR) is 36.0 cm³/mol. The van der Waals surface area contributed by atoms with Gasteiger partial charge in [-0.05, 0) is 0 Å². The van der Waals surface area contributed by atoms with Gasteiger partial charge >= 0.3 is 22.6 Å². The van der Waals surface area contributed by atoms with Crippen LogP contribution in [0.1, 0.15) is 0 Å². The summed E-state index contributed by atoms with van der Waals surface area (Å²) in [4.78, 5) is 0. The third-order valence-electron chi connectivity index (χ3n) is 0.848. The van der Waals surface area contributed by atoms with Crippen LogP contribution in [0.15, 0.2) is 0 Å². The molecule has 0 heterocycles. The molecule has 0 amide bonds. The van der Waals surface area contributed by atoms with Crippen LogP contribution in [0.25, 0.3) is 0 Å². The average molecular weight is 344 g/mol. The normalized spacial score (nSPS) is 15.0. The van der Waals surface area contributed by atoms with Gasteiger partial charge in [0.05, 0.1) is 0 Å². The van der Waals surface area contributed by atoms with Crippen LogP contribution in [0, 0.1) is 0 Å². The third-order valence-corrected chi connectivity index (χ3v) is 1.48. The molecule has 0 aromatic carbocycles. The van der Waals surface area contributed by atoms with Crippen molar-refractivity contribution in [3.8, 4) is 0 Å². The van der Waals surface area contributed by atoms with Gasteiger partial charge in [-0.15, -0.1) is 0 Å². The Balaban J connectivity index is 4.67. The fraction of sp³-hybridized carbons (Fsp3) is 1.00. The second-order valence-electron chi connectivity index (χ2n) is 1.98. The smallest absolute Gasteiger partial charge is 0.245 e. The van der Waals surface area contributed by atoms with Crippen LogP contribution in [-0.4, -0.2) is 22.6 Å². The molecule has 1 nitrogen and oxygen atoms in total. The lowest BCUT2D eigenvalue weighted by Gasteiger charge is -2.25. The highest BCUT2D eigenvalue weighted by Crippen LogP contribution is 2.44. The summed E-state index contributed by atoms with van der Waals surface area (Å²) < 4.78 is 90.8. The van der Waals surface area contributed by atoms with Crippen LogP contribution in [0.2, 0.25) is 0 Å². The van der Waals surface area contributed by atoms with Crippen LogP contribution >= 0.6 is 22.6 Å². The first-order chi connectivity index (χ1) is 5.90. The molecule has 86 valence electrons.